The van der Waals surface area contributed by atoms with Crippen molar-refractivity contribution in [1.82, 2.24) is 0 Å². The molecule has 0 bridgehead atoms. The van der Waals surface area contributed by atoms with Gasteiger partial charge in [0.05, 0.1) is 5.56 Å². The van der Waals surface area contributed by atoms with Gasteiger partial charge in [-0.3, -0.25) is 4.79 Å². The topological polar surface area (TPSA) is 40.5 Å². The molecule has 0 aliphatic heterocycles. The van der Waals surface area contributed by atoms with Crippen molar-refractivity contribution in [3.63, 3.8) is 0 Å². The molecular formula is C15H14BrNO2. The highest BCUT2D eigenvalue weighted by Gasteiger charge is 2.17. The lowest BCUT2D eigenvalue weighted by Gasteiger charge is -2.18. The molecule has 2 aromatic carbocycles. The normalized spacial score (nSPS) is 10.3. The van der Waals surface area contributed by atoms with Crippen molar-refractivity contribution < 1.29 is 9.90 Å². The molecule has 0 saturated carbocycles. The SMILES string of the molecule is Cc1cccc(N(C)C(=O)c2ccc(Br)cc2O)c1. The number of phenols is 1. The minimum Gasteiger partial charge on any atom is -0.507 e. The van der Waals surface area contributed by atoms with Gasteiger partial charge in [-0.25, -0.2) is 0 Å². The van der Waals surface area contributed by atoms with E-state index in [0.29, 0.717) is 0 Å². The third kappa shape index (κ3) is 2.96. The highest BCUT2D eigenvalue weighted by molar-refractivity contribution is 9.10. The number of aryl methyl sites for hydroxylation is 1. The number of carbonyl (C=O) groups is 1. The monoisotopic (exact) mass is 319 g/mol. The van der Waals surface area contributed by atoms with Crippen LogP contribution in [0.4, 0.5) is 5.69 Å². The lowest BCUT2D eigenvalue weighted by atomic mass is 10.1. The van der Waals surface area contributed by atoms with E-state index in [0.717, 1.165) is 15.7 Å². The summed E-state index contributed by atoms with van der Waals surface area (Å²) >= 11 is 3.25. The molecule has 0 radical (unpaired) electrons. The second kappa shape index (κ2) is 5.45. The van der Waals surface area contributed by atoms with Crippen molar-refractivity contribution in [1.29, 1.82) is 0 Å². The number of aromatic hydroxyl groups is 1. The van der Waals surface area contributed by atoms with Crippen molar-refractivity contribution in [2.45, 2.75) is 6.92 Å². The first-order valence-electron chi connectivity index (χ1n) is 5.82. The fraction of sp³-hybridized carbons (Fsp3) is 0.133. The lowest BCUT2D eigenvalue weighted by molar-refractivity contribution is 0.0990. The molecule has 4 heteroatoms. The number of amides is 1. The number of phenolic OH excluding ortho intramolecular Hbond substituents is 1. The number of anilines is 1. The zero-order chi connectivity index (χ0) is 14.0. The highest BCUT2D eigenvalue weighted by Crippen LogP contribution is 2.25. The predicted molar refractivity (Wildman–Crippen MR) is 79.7 cm³/mol. The number of rotatable bonds is 2. The van der Waals surface area contributed by atoms with E-state index < -0.39 is 0 Å². The summed E-state index contributed by atoms with van der Waals surface area (Å²) in [5, 5.41) is 9.83. The first-order valence-corrected chi connectivity index (χ1v) is 6.61. The Labute approximate surface area is 120 Å². The van der Waals surface area contributed by atoms with Crippen LogP contribution in [-0.2, 0) is 0 Å². The molecule has 98 valence electrons. The van der Waals surface area contributed by atoms with Crippen LogP contribution >= 0.6 is 15.9 Å². The van der Waals surface area contributed by atoms with Gasteiger partial charge >= 0.3 is 0 Å². The molecule has 0 unspecified atom stereocenters. The Hall–Kier alpha value is -1.81. The molecule has 3 nitrogen and oxygen atoms in total. The fourth-order valence-corrected chi connectivity index (χ4v) is 2.17. The summed E-state index contributed by atoms with van der Waals surface area (Å²) in [6, 6.07) is 12.5. The molecule has 0 fully saturated rings. The molecule has 2 aromatic rings. The third-order valence-corrected chi connectivity index (χ3v) is 3.38. The van der Waals surface area contributed by atoms with Crippen molar-refractivity contribution >= 4 is 27.5 Å². The first kappa shape index (κ1) is 13.6. The van der Waals surface area contributed by atoms with Gasteiger partial charge in [0.25, 0.3) is 5.91 Å². The Balaban J connectivity index is 2.33. The van der Waals surface area contributed by atoms with Crippen LogP contribution < -0.4 is 4.90 Å². The molecule has 0 aliphatic rings. The molecule has 0 spiro atoms. The number of benzene rings is 2. The standard InChI is InChI=1S/C15H14BrNO2/c1-10-4-3-5-12(8-10)17(2)15(19)13-7-6-11(16)9-14(13)18/h3-9,18H,1-2H3. The number of halogens is 1. The van der Waals surface area contributed by atoms with Crippen LogP contribution in [0.1, 0.15) is 15.9 Å². The zero-order valence-electron chi connectivity index (χ0n) is 10.7. The van der Waals surface area contributed by atoms with Crippen LogP contribution in [0.2, 0.25) is 0 Å². The summed E-state index contributed by atoms with van der Waals surface area (Å²) in [4.78, 5) is 13.9. The van der Waals surface area contributed by atoms with E-state index in [1.807, 2.05) is 31.2 Å². The summed E-state index contributed by atoms with van der Waals surface area (Å²) in [7, 11) is 1.69. The van der Waals surface area contributed by atoms with E-state index in [-0.39, 0.29) is 17.2 Å². The average Bonchev–Trinajstić information content (AvgIpc) is 2.37. The van der Waals surface area contributed by atoms with E-state index in [1.54, 1.807) is 19.2 Å². The molecule has 0 heterocycles. The maximum Gasteiger partial charge on any atom is 0.261 e. The van der Waals surface area contributed by atoms with Gasteiger partial charge in [-0.1, -0.05) is 28.1 Å². The third-order valence-electron chi connectivity index (χ3n) is 2.88. The number of nitrogens with zero attached hydrogens (tertiary/aromatic N) is 1. The largest absolute Gasteiger partial charge is 0.507 e. The van der Waals surface area contributed by atoms with E-state index in [1.165, 1.54) is 11.0 Å². The fourth-order valence-electron chi connectivity index (χ4n) is 1.82. The molecule has 1 N–H and O–H groups in total. The molecule has 19 heavy (non-hydrogen) atoms. The van der Waals surface area contributed by atoms with E-state index >= 15 is 0 Å². The quantitative estimate of drug-likeness (QED) is 0.916. The average molecular weight is 320 g/mol. The number of carbonyl (C=O) groups excluding carboxylic acids is 1. The number of hydrogen-bond donors (Lipinski definition) is 1. The van der Waals surface area contributed by atoms with Gasteiger partial charge in [0.2, 0.25) is 0 Å². The Morgan fingerprint density at radius 3 is 2.58 bits per heavy atom. The molecule has 0 saturated heterocycles. The smallest absolute Gasteiger partial charge is 0.261 e. The van der Waals surface area contributed by atoms with Crippen molar-refractivity contribution in [3.05, 3.63) is 58.1 Å². The van der Waals surface area contributed by atoms with Crippen LogP contribution in [0.25, 0.3) is 0 Å². The van der Waals surface area contributed by atoms with Crippen LogP contribution in [0.15, 0.2) is 46.9 Å². The maximum atomic E-state index is 12.3. The second-order valence-corrected chi connectivity index (χ2v) is 5.28. The van der Waals surface area contributed by atoms with Gasteiger partial charge in [0, 0.05) is 17.2 Å². The Morgan fingerprint density at radius 2 is 1.95 bits per heavy atom. The summed E-state index contributed by atoms with van der Waals surface area (Å²) in [5.74, 6) is -0.269. The Bertz CT molecular complexity index is 625. The summed E-state index contributed by atoms with van der Waals surface area (Å²) in [6.45, 7) is 1.97. The molecule has 0 aliphatic carbocycles. The van der Waals surface area contributed by atoms with Crippen LogP contribution in [0.5, 0.6) is 5.75 Å². The van der Waals surface area contributed by atoms with Gasteiger partial charge in [-0.15, -0.1) is 0 Å². The molecule has 2 rings (SSSR count). The van der Waals surface area contributed by atoms with Gasteiger partial charge in [0.1, 0.15) is 5.75 Å². The van der Waals surface area contributed by atoms with Gasteiger partial charge in [-0.2, -0.15) is 0 Å². The Morgan fingerprint density at radius 1 is 1.21 bits per heavy atom. The van der Waals surface area contributed by atoms with E-state index in [2.05, 4.69) is 15.9 Å². The second-order valence-electron chi connectivity index (χ2n) is 4.36. The van der Waals surface area contributed by atoms with Crippen molar-refractivity contribution in [2.24, 2.45) is 0 Å². The summed E-state index contributed by atoms with van der Waals surface area (Å²) in [6.07, 6.45) is 0. The van der Waals surface area contributed by atoms with E-state index in [9.17, 15) is 9.90 Å². The van der Waals surface area contributed by atoms with Crippen LogP contribution in [0.3, 0.4) is 0 Å². The lowest BCUT2D eigenvalue weighted by Crippen LogP contribution is -2.26. The van der Waals surface area contributed by atoms with Gasteiger partial charge in [-0.05, 0) is 42.8 Å². The van der Waals surface area contributed by atoms with Gasteiger partial charge < -0.3 is 10.0 Å². The minimum absolute atomic E-state index is 0.0288. The molecule has 1 amide bonds. The Kier molecular flexibility index (Phi) is 3.90. The summed E-state index contributed by atoms with van der Waals surface area (Å²) in [5.41, 5.74) is 2.16. The molecule has 0 atom stereocenters. The number of hydrogen-bond acceptors (Lipinski definition) is 2. The highest BCUT2D eigenvalue weighted by atomic mass is 79.9. The van der Waals surface area contributed by atoms with E-state index in [4.69, 9.17) is 0 Å². The van der Waals surface area contributed by atoms with Crippen molar-refractivity contribution in [2.75, 3.05) is 11.9 Å². The maximum absolute atomic E-state index is 12.3. The van der Waals surface area contributed by atoms with Gasteiger partial charge in [0.15, 0.2) is 0 Å². The van der Waals surface area contributed by atoms with Crippen LogP contribution in [0, 0.1) is 6.92 Å². The zero-order valence-corrected chi connectivity index (χ0v) is 12.3. The predicted octanol–water partition coefficient (Wildman–Crippen LogP) is 3.74. The molecule has 0 aromatic heterocycles. The molecular weight excluding hydrogens is 306 g/mol. The first-order chi connectivity index (χ1) is 8.99. The summed E-state index contributed by atoms with van der Waals surface area (Å²) < 4.78 is 0.736. The minimum atomic E-state index is -0.240. The van der Waals surface area contributed by atoms with Crippen molar-refractivity contribution in [3.8, 4) is 5.75 Å². The van der Waals surface area contributed by atoms with Crippen LogP contribution in [-0.4, -0.2) is 18.1 Å².